The molecule has 5 nitrogen and oxygen atoms in total. The molecule has 1 fully saturated rings. The van der Waals surface area contributed by atoms with Gasteiger partial charge in [0.1, 0.15) is 11.5 Å². The van der Waals surface area contributed by atoms with Gasteiger partial charge in [0.15, 0.2) is 17.3 Å². The van der Waals surface area contributed by atoms with Crippen molar-refractivity contribution >= 4 is 23.1 Å². The van der Waals surface area contributed by atoms with Gasteiger partial charge in [0.25, 0.3) is 0 Å². The highest BCUT2D eigenvalue weighted by Gasteiger charge is 2.67. The predicted octanol–water partition coefficient (Wildman–Crippen LogP) is 7.48. The van der Waals surface area contributed by atoms with Gasteiger partial charge in [-0.3, -0.25) is 14.4 Å². The highest BCUT2D eigenvalue weighted by atomic mass is 16.3. The van der Waals surface area contributed by atoms with Crippen LogP contribution in [0.2, 0.25) is 0 Å². The third kappa shape index (κ3) is 4.60. The lowest BCUT2D eigenvalue weighted by Crippen LogP contribution is -2.61. The van der Waals surface area contributed by atoms with E-state index in [0.29, 0.717) is 30.7 Å². The zero-order valence-electron chi connectivity index (χ0n) is 25.3. The van der Waals surface area contributed by atoms with E-state index in [4.69, 9.17) is 0 Å². The number of allylic oxidation sites excluding steroid dienone is 3. The molecular formula is C34H46O5. The zero-order valence-corrected chi connectivity index (χ0v) is 25.3. The van der Waals surface area contributed by atoms with E-state index in [1.807, 2.05) is 47.6 Å². The Balaban J connectivity index is 1.85. The number of Topliss-reactive ketones (excluding diaryl/α,β-unsaturated/α-hetero) is 3. The van der Waals surface area contributed by atoms with E-state index in [2.05, 4.69) is 13.8 Å². The van der Waals surface area contributed by atoms with Crippen LogP contribution in [0, 0.1) is 27.6 Å². The lowest BCUT2D eigenvalue weighted by molar-refractivity contribution is -0.152. The third-order valence-electron chi connectivity index (χ3n) is 9.66. The molecule has 0 saturated heterocycles. The minimum Gasteiger partial charge on any atom is -0.507 e. The molecule has 0 spiro atoms. The van der Waals surface area contributed by atoms with Crippen molar-refractivity contribution in [1.82, 2.24) is 0 Å². The second-order valence-electron chi connectivity index (χ2n) is 14.9. The number of carbonyl (C=O) groups excluding carboxylic acids is 3. The summed E-state index contributed by atoms with van der Waals surface area (Å²) in [7, 11) is 0. The molecule has 1 aromatic rings. The minimum atomic E-state index is -1.47. The maximum Gasteiger partial charge on any atom is 0.180 e. The number of aromatic hydroxyl groups is 1. The van der Waals surface area contributed by atoms with E-state index in [1.54, 1.807) is 13.0 Å². The van der Waals surface area contributed by atoms with Gasteiger partial charge in [0, 0.05) is 17.4 Å². The molecule has 1 aromatic carbocycles. The van der Waals surface area contributed by atoms with E-state index < -0.39 is 27.8 Å². The number of benzene rings is 1. The SMILES string of the molecule is CC1=C(C(=O)CC(C)(C)C)C(=O)[C@]2(C)C(=O)C3=C(O)c4c(O)ccc(CCCC(C)C)c4C[C@]3(C)C[C@]2(C)C1. The first kappa shape index (κ1) is 29.3. The molecule has 0 radical (unpaired) electrons. The summed E-state index contributed by atoms with van der Waals surface area (Å²) in [5.74, 6) is -0.730. The number of aliphatic hydroxyl groups is 1. The van der Waals surface area contributed by atoms with Crippen LogP contribution in [-0.2, 0) is 27.2 Å². The Bertz CT molecular complexity index is 1320. The van der Waals surface area contributed by atoms with Gasteiger partial charge in [-0.1, -0.05) is 66.5 Å². The average Bonchev–Trinajstić information content (AvgIpc) is 2.76. The Morgan fingerprint density at radius 3 is 2.26 bits per heavy atom. The smallest absolute Gasteiger partial charge is 0.180 e. The van der Waals surface area contributed by atoms with Crippen LogP contribution in [0.15, 0.2) is 28.9 Å². The predicted molar refractivity (Wildman–Crippen MR) is 154 cm³/mol. The molecular weight excluding hydrogens is 488 g/mol. The minimum absolute atomic E-state index is 0.0531. The molecule has 2 N–H and O–H groups in total. The molecule has 3 aliphatic carbocycles. The van der Waals surface area contributed by atoms with Gasteiger partial charge >= 0.3 is 0 Å². The van der Waals surface area contributed by atoms with Crippen molar-refractivity contribution in [1.29, 1.82) is 0 Å². The van der Waals surface area contributed by atoms with E-state index in [1.165, 1.54) is 0 Å². The number of carbonyl (C=O) groups is 3. The molecule has 5 heteroatoms. The van der Waals surface area contributed by atoms with Crippen LogP contribution >= 0.6 is 0 Å². The summed E-state index contributed by atoms with van der Waals surface area (Å²) in [5.41, 5.74) is 0.283. The highest BCUT2D eigenvalue weighted by Crippen LogP contribution is 2.65. The molecule has 4 rings (SSSR count). The molecule has 3 aliphatic rings. The number of hydrogen-bond donors (Lipinski definition) is 2. The number of aliphatic hydroxyl groups excluding tert-OH is 1. The number of phenols is 1. The van der Waals surface area contributed by atoms with Crippen LogP contribution < -0.4 is 0 Å². The number of aryl methyl sites for hydroxylation is 1. The number of phenolic OH excluding ortho intramolecular Hbond substituents is 1. The van der Waals surface area contributed by atoms with Crippen molar-refractivity contribution in [2.45, 2.75) is 107 Å². The Labute approximate surface area is 233 Å². The highest BCUT2D eigenvalue weighted by molar-refractivity contribution is 6.31. The largest absolute Gasteiger partial charge is 0.507 e. The maximum absolute atomic E-state index is 14.5. The molecule has 0 bridgehead atoms. The van der Waals surface area contributed by atoms with Gasteiger partial charge < -0.3 is 10.2 Å². The molecule has 39 heavy (non-hydrogen) atoms. The van der Waals surface area contributed by atoms with Crippen LogP contribution in [0.5, 0.6) is 5.75 Å². The summed E-state index contributed by atoms with van der Waals surface area (Å²) in [6.45, 7) is 17.8. The van der Waals surface area contributed by atoms with Gasteiger partial charge in [0.05, 0.1) is 16.6 Å². The molecule has 0 aliphatic heterocycles. The molecule has 0 unspecified atom stereocenters. The van der Waals surface area contributed by atoms with Gasteiger partial charge in [-0.05, 0) is 79.9 Å². The molecule has 0 amide bonds. The summed E-state index contributed by atoms with van der Waals surface area (Å²) in [6.07, 6.45) is 4.65. The van der Waals surface area contributed by atoms with E-state index in [0.717, 1.165) is 36.0 Å². The first-order valence-electron chi connectivity index (χ1n) is 14.5. The third-order valence-corrected chi connectivity index (χ3v) is 9.66. The summed E-state index contributed by atoms with van der Waals surface area (Å²) < 4.78 is 0. The number of fused-ring (bicyclic) bond motifs is 3. The Kier molecular flexibility index (Phi) is 7.10. The number of hydrogen-bond acceptors (Lipinski definition) is 5. The Hall–Kier alpha value is -2.69. The topological polar surface area (TPSA) is 91.7 Å². The van der Waals surface area contributed by atoms with Gasteiger partial charge in [-0.2, -0.15) is 0 Å². The fraction of sp³-hybridized carbons (Fsp3) is 0.618. The van der Waals surface area contributed by atoms with E-state index >= 15 is 0 Å². The summed E-state index contributed by atoms with van der Waals surface area (Å²) in [5, 5.41) is 22.5. The summed E-state index contributed by atoms with van der Waals surface area (Å²) in [4.78, 5) is 42.1. The molecule has 1 saturated carbocycles. The van der Waals surface area contributed by atoms with Crippen LogP contribution in [0.1, 0.15) is 111 Å². The lowest BCUT2D eigenvalue weighted by atomic mass is 9.42. The van der Waals surface area contributed by atoms with E-state index in [-0.39, 0.29) is 40.3 Å². The summed E-state index contributed by atoms with van der Waals surface area (Å²) in [6, 6.07) is 3.54. The van der Waals surface area contributed by atoms with Crippen molar-refractivity contribution in [3.05, 3.63) is 45.5 Å². The van der Waals surface area contributed by atoms with E-state index in [9.17, 15) is 24.6 Å². The van der Waals surface area contributed by atoms with Gasteiger partial charge in [0.2, 0.25) is 0 Å². The normalized spacial score (nSPS) is 29.0. The lowest BCUT2D eigenvalue weighted by Gasteiger charge is -2.58. The Morgan fingerprint density at radius 1 is 1.03 bits per heavy atom. The van der Waals surface area contributed by atoms with Crippen molar-refractivity contribution < 1.29 is 24.6 Å². The number of rotatable bonds is 6. The van der Waals surface area contributed by atoms with Crippen LogP contribution in [0.25, 0.3) is 5.76 Å². The van der Waals surface area contributed by atoms with Crippen LogP contribution in [0.4, 0.5) is 0 Å². The summed E-state index contributed by atoms with van der Waals surface area (Å²) >= 11 is 0. The first-order chi connectivity index (χ1) is 17.9. The molecule has 0 heterocycles. The van der Waals surface area contributed by atoms with Crippen molar-refractivity contribution in [2.75, 3.05) is 0 Å². The van der Waals surface area contributed by atoms with Crippen molar-refractivity contribution in [3.8, 4) is 5.75 Å². The van der Waals surface area contributed by atoms with Crippen molar-refractivity contribution in [2.24, 2.45) is 27.6 Å². The van der Waals surface area contributed by atoms with Gasteiger partial charge in [-0.25, -0.2) is 0 Å². The standard InChI is InChI=1S/C34H46O5/c1-19(2)11-10-12-21-13-14-23(35)26-22(21)16-32(7)18-33(8)15-20(3)25(24(36)17-31(4,5)6)29(38)34(33,9)30(39)27(32)28(26)37/h13-14,19,35,37H,10-12,15-18H2,1-9H3/t32-,33+,34-/m1/s1. The van der Waals surface area contributed by atoms with Gasteiger partial charge in [-0.15, -0.1) is 0 Å². The maximum atomic E-state index is 14.5. The first-order valence-corrected chi connectivity index (χ1v) is 14.5. The second kappa shape index (κ2) is 9.45. The monoisotopic (exact) mass is 534 g/mol. The van der Waals surface area contributed by atoms with Crippen molar-refractivity contribution in [3.63, 3.8) is 0 Å². The number of ketones is 3. The fourth-order valence-electron chi connectivity index (χ4n) is 7.73. The quantitative estimate of drug-likeness (QED) is 0.291. The average molecular weight is 535 g/mol. The van der Waals surface area contributed by atoms with Crippen LogP contribution in [-0.4, -0.2) is 27.6 Å². The Morgan fingerprint density at radius 2 is 1.67 bits per heavy atom. The zero-order chi connectivity index (χ0) is 29.3. The fourth-order valence-corrected chi connectivity index (χ4v) is 7.73. The second-order valence-corrected chi connectivity index (χ2v) is 14.9. The molecule has 0 aromatic heterocycles. The van der Waals surface area contributed by atoms with Crippen LogP contribution in [0.3, 0.4) is 0 Å². The molecule has 212 valence electrons. The molecule has 3 atom stereocenters.